The predicted octanol–water partition coefficient (Wildman–Crippen LogP) is 2.94. The fraction of sp³-hybridized carbons (Fsp3) is 0.300. The molecule has 2 aromatic carbocycles. The van der Waals surface area contributed by atoms with Crippen LogP contribution in [0, 0.1) is 6.92 Å². The van der Waals surface area contributed by atoms with E-state index in [2.05, 4.69) is 25.8 Å². The molecular weight excluding hydrogens is 326 g/mol. The van der Waals surface area contributed by atoms with Crippen molar-refractivity contribution in [3.63, 3.8) is 0 Å². The number of rotatable bonds is 7. The van der Waals surface area contributed by atoms with Gasteiger partial charge in [0.2, 0.25) is 0 Å². The van der Waals surface area contributed by atoms with Gasteiger partial charge >= 0.3 is 6.03 Å². The third-order valence-electron chi connectivity index (χ3n) is 4.23. The van der Waals surface area contributed by atoms with E-state index in [1.807, 2.05) is 61.5 Å². The van der Waals surface area contributed by atoms with Gasteiger partial charge in [0.25, 0.3) is 0 Å². The second kappa shape index (κ2) is 8.89. The molecule has 0 aliphatic carbocycles. The smallest absolute Gasteiger partial charge is 0.319 e. The third-order valence-corrected chi connectivity index (χ3v) is 4.23. The highest BCUT2D eigenvalue weighted by atomic mass is 16.2. The third kappa shape index (κ3) is 5.24. The number of amidine groups is 1. The largest absolute Gasteiger partial charge is 0.378 e. The number of amides is 2. The lowest BCUT2D eigenvalue weighted by Crippen LogP contribution is -2.40. The summed E-state index contributed by atoms with van der Waals surface area (Å²) in [5, 5.41) is 9.12. The van der Waals surface area contributed by atoms with E-state index in [-0.39, 0.29) is 6.03 Å². The molecule has 26 heavy (non-hydrogen) atoms. The Labute approximate surface area is 154 Å². The van der Waals surface area contributed by atoms with Crippen LogP contribution in [0.25, 0.3) is 0 Å². The summed E-state index contributed by atoms with van der Waals surface area (Å²) in [4.78, 5) is 18.7. The van der Waals surface area contributed by atoms with Crippen LogP contribution in [0.5, 0.6) is 0 Å². The molecule has 0 spiro atoms. The molecule has 2 amide bonds. The molecule has 2 aromatic rings. The SMILES string of the molecule is Cc1ccc(NC(=O)NCCN2CCN=C2CNc2ccccc2)cc1. The monoisotopic (exact) mass is 351 g/mol. The molecule has 0 bridgehead atoms. The average Bonchev–Trinajstić information content (AvgIpc) is 3.10. The van der Waals surface area contributed by atoms with Crippen molar-refractivity contribution in [2.75, 3.05) is 43.4 Å². The standard InChI is InChI=1S/C20H25N5O/c1-16-7-9-18(10-8-16)24-20(26)22-12-14-25-13-11-21-19(25)15-23-17-5-3-2-4-6-17/h2-10,23H,11-15H2,1H3,(H2,22,24,26). The highest BCUT2D eigenvalue weighted by Gasteiger charge is 2.16. The molecular formula is C20H25N5O. The summed E-state index contributed by atoms with van der Waals surface area (Å²) in [6.07, 6.45) is 0. The van der Waals surface area contributed by atoms with Crippen molar-refractivity contribution in [2.24, 2.45) is 4.99 Å². The molecule has 6 heteroatoms. The fourth-order valence-corrected chi connectivity index (χ4v) is 2.79. The number of aliphatic imine (C=N–C) groups is 1. The maximum Gasteiger partial charge on any atom is 0.319 e. The lowest BCUT2D eigenvalue weighted by atomic mass is 10.2. The normalized spacial score (nSPS) is 13.3. The average molecular weight is 351 g/mol. The number of hydrogen-bond donors (Lipinski definition) is 3. The van der Waals surface area contributed by atoms with Crippen molar-refractivity contribution in [1.82, 2.24) is 10.2 Å². The summed E-state index contributed by atoms with van der Waals surface area (Å²) in [6.45, 7) is 5.73. The molecule has 0 atom stereocenters. The first-order valence-corrected chi connectivity index (χ1v) is 8.89. The summed E-state index contributed by atoms with van der Waals surface area (Å²) in [6, 6.07) is 17.6. The van der Waals surface area contributed by atoms with Crippen LogP contribution < -0.4 is 16.0 Å². The minimum Gasteiger partial charge on any atom is -0.378 e. The molecule has 1 aliphatic heterocycles. The molecule has 0 radical (unpaired) electrons. The summed E-state index contributed by atoms with van der Waals surface area (Å²) in [5.74, 6) is 1.04. The zero-order valence-corrected chi connectivity index (χ0v) is 15.0. The quantitative estimate of drug-likeness (QED) is 0.718. The molecule has 0 unspecified atom stereocenters. The molecule has 0 fully saturated rings. The van der Waals surface area contributed by atoms with Gasteiger partial charge in [-0.25, -0.2) is 4.79 Å². The molecule has 1 aliphatic rings. The zero-order valence-electron chi connectivity index (χ0n) is 15.0. The Hall–Kier alpha value is -3.02. The summed E-state index contributed by atoms with van der Waals surface area (Å²) in [5.41, 5.74) is 3.04. The topological polar surface area (TPSA) is 68.8 Å². The molecule has 6 nitrogen and oxygen atoms in total. The van der Waals surface area contributed by atoms with Gasteiger partial charge < -0.3 is 20.9 Å². The van der Waals surface area contributed by atoms with E-state index >= 15 is 0 Å². The summed E-state index contributed by atoms with van der Waals surface area (Å²) >= 11 is 0. The van der Waals surface area contributed by atoms with Crippen LogP contribution in [0.3, 0.4) is 0 Å². The number of anilines is 2. The number of para-hydroxylation sites is 1. The van der Waals surface area contributed by atoms with Crippen molar-refractivity contribution >= 4 is 23.2 Å². The maximum absolute atomic E-state index is 12.0. The van der Waals surface area contributed by atoms with Gasteiger partial charge in [0.15, 0.2) is 0 Å². The number of carbonyl (C=O) groups is 1. The predicted molar refractivity (Wildman–Crippen MR) is 107 cm³/mol. The fourth-order valence-electron chi connectivity index (χ4n) is 2.79. The number of benzene rings is 2. The van der Waals surface area contributed by atoms with Crippen molar-refractivity contribution in [3.05, 3.63) is 60.2 Å². The zero-order chi connectivity index (χ0) is 18.2. The lowest BCUT2D eigenvalue weighted by Gasteiger charge is -2.21. The van der Waals surface area contributed by atoms with Crippen molar-refractivity contribution in [3.8, 4) is 0 Å². The van der Waals surface area contributed by atoms with Crippen molar-refractivity contribution < 1.29 is 4.79 Å². The Kier molecular flexibility index (Phi) is 6.09. The molecule has 0 aromatic heterocycles. The van der Waals surface area contributed by atoms with Gasteiger partial charge in [0, 0.05) is 31.0 Å². The minimum absolute atomic E-state index is 0.186. The van der Waals surface area contributed by atoms with E-state index in [4.69, 9.17) is 0 Å². The lowest BCUT2D eigenvalue weighted by molar-refractivity contribution is 0.251. The molecule has 3 N–H and O–H groups in total. The van der Waals surface area contributed by atoms with Crippen molar-refractivity contribution in [2.45, 2.75) is 6.92 Å². The molecule has 3 rings (SSSR count). The first kappa shape index (κ1) is 17.8. The van der Waals surface area contributed by atoms with Crippen molar-refractivity contribution in [1.29, 1.82) is 0 Å². The first-order chi connectivity index (χ1) is 12.7. The van der Waals surface area contributed by atoms with Crippen LogP contribution in [0.15, 0.2) is 59.6 Å². The van der Waals surface area contributed by atoms with Gasteiger partial charge in [-0.2, -0.15) is 0 Å². The summed E-state index contributed by atoms with van der Waals surface area (Å²) < 4.78 is 0. The Bertz CT molecular complexity index is 743. The van der Waals surface area contributed by atoms with Gasteiger partial charge in [-0.1, -0.05) is 35.9 Å². The maximum atomic E-state index is 12.0. The molecule has 1 heterocycles. The van der Waals surface area contributed by atoms with Crippen LogP contribution in [-0.4, -0.2) is 49.5 Å². The van der Waals surface area contributed by atoms with E-state index in [1.165, 1.54) is 5.56 Å². The van der Waals surface area contributed by atoms with Gasteiger partial charge in [-0.05, 0) is 31.2 Å². The van der Waals surface area contributed by atoms with Gasteiger partial charge in [0.05, 0.1) is 13.1 Å². The summed E-state index contributed by atoms with van der Waals surface area (Å²) in [7, 11) is 0. The first-order valence-electron chi connectivity index (χ1n) is 8.89. The van der Waals surface area contributed by atoms with Crippen LogP contribution in [0.1, 0.15) is 5.56 Å². The second-order valence-corrected chi connectivity index (χ2v) is 6.25. The minimum atomic E-state index is -0.186. The number of nitrogens with one attached hydrogen (secondary N) is 3. The van der Waals surface area contributed by atoms with Gasteiger partial charge in [-0.15, -0.1) is 0 Å². The number of hydrogen-bond acceptors (Lipinski definition) is 4. The van der Waals surface area contributed by atoms with E-state index in [1.54, 1.807) is 0 Å². The molecule has 0 saturated heterocycles. The Morgan fingerprint density at radius 3 is 2.62 bits per heavy atom. The van der Waals surface area contributed by atoms with Gasteiger partial charge in [0.1, 0.15) is 5.84 Å². The van der Waals surface area contributed by atoms with E-state index in [0.29, 0.717) is 13.1 Å². The Morgan fingerprint density at radius 1 is 1.08 bits per heavy atom. The van der Waals surface area contributed by atoms with Gasteiger partial charge in [-0.3, -0.25) is 4.99 Å². The number of carbonyl (C=O) groups excluding carboxylic acids is 1. The highest BCUT2D eigenvalue weighted by Crippen LogP contribution is 2.09. The van der Waals surface area contributed by atoms with Crippen LogP contribution in [-0.2, 0) is 0 Å². The number of urea groups is 1. The number of aryl methyl sites for hydroxylation is 1. The van der Waals surface area contributed by atoms with E-state index in [0.717, 1.165) is 36.8 Å². The molecule has 136 valence electrons. The Morgan fingerprint density at radius 2 is 1.85 bits per heavy atom. The van der Waals surface area contributed by atoms with Crippen LogP contribution in [0.2, 0.25) is 0 Å². The Balaban J connectivity index is 1.39. The van der Waals surface area contributed by atoms with Crippen LogP contribution in [0.4, 0.5) is 16.2 Å². The second-order valence-electron chi connectivity index (χ2n) is 6.25. The molecule has 0 saturated carbocycles. The van der Waals surface area contributed by atoms with E-state index < -0.39 is 0 Å². The highest BCUT2D eigenvalue weighted by molar-refractivity contribution is 5.89. The van der Waals surface area contributed by atoms with E-state index in [9.17, 15) is 4.79 Å². The van der Waals surface area contributed by atoms with Crippen LogP contribution >= 0.6 is 0 Å². The number of nitrogens with zero attached hydrogens (tertiary/aromatic N) is 2.